The monoisotopic (exact) mass is 391 g/mol. The largest absolute Gasteiger partial charge is 0.507 e. The first-order chi connectivity index (χ1) is 13.7. The minimum Gasteiger partial charge on any atom is -0.507 e. The van der Waals surface area contributed by atoms with Gasteiger partial charge < -0.3 is 10.4 Å². The number of phenols is 1. The lowest BCUT2D eigenvalue weighted by atomic mass is 9.74. The molecule has 1 aliphatic rings. The number of rotatable bonds is 4. The van der Waals surface area contributed by atoms with E-state index >= 15 is 0 Å². The zero-order valence-electron chi connectivity index (χ0n) is 17.5. The molecule has 0 radical (unpaired) electrons. The molecule has 3 N–H and O–H groups in total. The summed E-state index contributed by atoms with van der Waals surface area (Å²) in [6, 6.07) is 9.54. The summed E-state index contributed by atoms with van der Waals surface area (Å²) in [7, 11) is 0. The molecule has 29 heavy (non-hydrogen) atoms. The van der Waals surface area contributed by atoms with Crippen LogP contribution in [0.15, 0.2) is 42.7 Å². The van der Waals surface area contributed by atoms with Crippen molar-refractivity contribution in [3.8, 4) is 28.1 Å². The summed E-state index contributed by atoms with van der Waals surface area (Å²) in [4.78, 5) is 0. The normalized spacial score (nSPS) is 18.6. The maximum atomic E-state index is 10.5. The van der Waals surface area contributed by atoms with Gasteiger partial charge in [-0.25, -0.2) is 0 Å². The Morgan fingerprint density at radius 1 is 1.00 bits per heavy atom. The molecule has 0 saturated carbocycles. The molecule has 3 heterocycles. The SMILES string of the molecule is CC1(C)CC(Cc2ccc(-c3ccc(-c4cn[nH]c4)cc3O)nn2)CC(C)(C)N1. The lowest BCUT2D eigenvalue weighted by Crippen LogP contribution is -2.58. The summed E-state index contributed by atoms with van der Waals surface area (Å²) in [5.74, 6) is 0.761. The fourth-order valence-corrected chi connectivity index (χ4v) is 4.92. The van der Waals surface area contributed by atoms with Gasteiger partial charge in [-0.15, -0.1) is 0 Å². The Balaban J connectivity index is 1.50. The molecular weight excluding hydrogens is 362 g/mol. The van der Waals surface area contributed by atoms with Crippen molar-refractivity contribution in [3.63, 3.8) is 0 Å². The maximum Gasteiger partial charge on any atom is 0.125 e. The highest BCUT2D eigenvalue weighted by Gasteiger charge is 2.37. The van der Waals surface area contributed by atoms with Crippen LogP contribution in [0.1, 0.15) is 46.2 Å². The molecule has 4 rings (SSSR count). The molecule has 0 amide bonds. The van der Waals surface area contributed by atoms with E-state index in [1.165, 1.54) is 0 Å². The molecule has 0 bridgehead atoms. The third kappa shape index (κ3) is 4.48. The highest BCUT2D eigenvalue weighted by Crippen LogP contribution is 2.35. The van der Waals surface area contributed by atoms with Gasteiger partial charge in [-0.3, -0.25) is 5.10 Å². The van der Waals surface area contributed by atoms with Crippen LogP contribution in [0.5, 0.6) is 5.75 Å². The van der Waals surface area contributed by atoms with E-state index in [0.717, 1.165) is 36.1 Å². The van der Waals surface area contributed by atoms with E-state index in [1.807, 2.05) is 24.3 Å². The van der Waals surface area contributed by atoms with Crippen molar-refractivity contribution in [3.05, 3.63) is 48.4 Å². The average Bonchev–Trinajstić information content (AvgIpc) is 3.14. The first-order valence-electron chi connectivity index (χ1n) is 10.2. The second kappa shape index (κ2) is 7.26. The van der Waals surface area contributed by atoms with Crippen LogP contribution in [0.3, 0.4) is 0 Å². The standard InChI is InChI=1S/C23H29N5O/c1-22(2)11-15(12-23(3,4)28-22)9-18-6-8-20(27-26-18)19-7-5-16(10-21(19)29)17-13-24-25-14-17/h5-8,10,13-15,28-29H,9,11-12H2,1-4H3,(H,24,25). The Kier molecular flexibility index (Phi) is 4.90. The fraction of sp³-hybridized carbons (Fsp3) is 0.435. The number of phenolic OH excluding ortho intramolecular Hbond substituents is 1. The van der Waals surface area contributed by atoms with Crippen molar-refractivity contribution in [1.29, 1.82) is 0 Å². The van der Waals surface area contributed by atoms with Crippen LogP contribution in [0.4, 0.5) is 0 Å². The van der Waals surface area contributed by atoms with Gasteiger partial charge in [0.15, 0.2) is 0 Å². The van der Waals surface area contributed by atoms with E-state index in [0.29, 0.717) is 17.2 Å². The van der Waals surface area contributed by atoms with Crippen LogP contribution < -0.4 is 5.32 Å². The Morgan fingerprint density at radius 2 is 1.76 bits per heavy atom. The predicted molar refractivity (Wildman–Crippen MR) is 114 cm³/mol. The van der Waals surface area contributed by atoms with E-state index in [-0.39, 0.29) is 16.8 Å². The number of nitrogens with zero attached hydrogens (tertiary/aromatic N) is 3. The summed E-state index contributed by atoms with van der Waals surface area (Å²) in [6.45, 7) is 9.08. The highest BCUT2D eigenvalue weighted by atomic mass is 16.3. The second-order valence-corrected chi connectivity index (χ2v) is 9.50. The maximum absolute atomic E-state index is 10.5. The summed E-state index contributed by atoms with van der Waals surface area (Å²) < 4.78 is 0. The summed E-state index contributed by atoms with van der Waals surface area (Å²) in [6.07, 6.45) is 6.69. The number of hydrogen-bond donors (Lipinski definition) is 3. The average molecular weight is 392 g/mol. The van der Waals surface area contributed by atoms with Crippen LogP contribution in [-0.4, -0.2) is 36.6 Å². The lowest BCUT2D eigenvalue weighted by molar-refractivity contribution is 0.128. The number of benzene rings is 1. The molecular formula is C23H29N5O. The smallest absolute Gasteiger partial charge is 0.125 e. The van der Waals surface area contributed by atoms with Gasteiger partial charge in [0.25, 0.3) is 0 Å². The number of aromatic amines is 1. The van der Waals surface area contributed by atoms with E-state index in [2.05, 4.69) is 53.4 Å². The molecule has 6 nitrogen and oxygen atoms in total. The van der Waals surface area contributed by atoms with Gasteiger partial charge in [0.05, 0.1) is 17.6 Å². The van der Waals surface area contributed by atoms with Gasteiger partial charge in [-0.05, 0) is 82.7 Å². The Morgan fingerprint density at radius 3 is 2.34 bits per heavy atom. The van der Waals surface area contributed by atoms with E-state index < -0.39 is 0 Å². The number of H-pyrrole nitrogens is 1. The molecule has 0 unspecified atom stereocenters. The van der Waals surface area contributed by atoms with Crippen molar-refractivity contribution in [1.82, 2.24) is 25.7 Å². The number of hydrogen-bond acceptors (Lipinski definition) is 5. The molecule has 1 aliphatic heterocycles. The van der Waals surface area contributed by atoms with Crippen molar-refractivity contribution < 1.29 is 5.11 Å². The molecule has 0 aliphatic carbocycles. The molecule has 2 aromatic heterocycles. The van der Waals surface area contributed by atoms with E-state index in [4.69, 9.17) is 0 Å². The lowest BCUT2D eigenvalue weighted by Gasteiger charge is -2.46. The Bertz CT molecular complexity index is 961. The minimum atomic E-state index is 0.127. The number of nitrogens with one attached hydrogen (secondary N) is 2. The zero-order valence-corrected chi connectivity index (χ0v) is 17.5. The van der Waals surface area contributed by atoms with E-state index in [9.17, 15) is 5.11 Å². The molecule has 6 heteroatoms. The minimum absolute atomic E-state index is 0.127. The quantitative estimate of drug-likeness (QED) is 0.616. The number of piperidine rings is 1. The molecule has 3 aromatic rings. The van der Waals surface area contributed by atoms with Crippen LogP contribution in [0.2, 0.25) is 0 Å². The van der Waals surface area contributed by atoms with Crippen LogP contribution in [-0.2, 0) is 6.42 Å². The Labute approximate surface area is 171 Å². The third-order valence-electron chi connectivity index (χ3n) is 5.60. The van der Waals surface area contributed by atoms with Gasteiger partial charge in [-0.1, -0.05) is 6.07 Å². The van der Waals surface area contributed by atoms with E-state index in [1.54, 1.807) is 18.5 Å². The Hall–Kier alpha value is -2.73. The topological polar surface area (TPSA) is 86.7 Å². The summed E-state index contributed by atoms with van der Waals surface area (Å²) in [5.41, 5.74) is 4.45. The molecule has 152 valence electrons. The third-order valence-corrected chi connectivity index (χ3v) is 5.60. The first-order valence-corrected chi connectivity index (χ1v) is 10.2. The highest BCUT2D eigenvalue weighted by molar-refractivity contribution is 5.73. The number of aromatic hydroxyl groups is 1. The summed E-state index contributed by atoms with van der Waals surface area (Å²) in [5, 5.41) is 29.8. The molecule has 1 saturated heterocycles. The molecule has 1 fully saturated rings. The van der Waals surface area contributed by atoms with Crippen molar-refractivity contribution in [2.75, 3.05) is 0 Å². The number of aromatic nitrogens is 4. The van der Waals surface area contributed by atoms with Crippen molar-refractivity contribution in [2.45, 2.75) is 58.0 Å². The van der Waals surface area contributed by atoms with Crippen LogP contribution >= 0.6 is 0 Å². The first kappa shape index (κ1) is 19.6. The van der Waals surface area contributed by atoms with Crippen LogP contribution in [0.25, 0.3) is 22.4 Å². The van der Waals surface area contributed by atoms with Gasteiger partial charge in [0, 0.05) is 28.4 Å². The fourth-order valence-electron chi connectivity index (χ4n) is 4.92. The van der Waals surface area contributed by atoms with Gasteiger partial charge >= 0.3 is 0 Å². The zero-order chi connectivity index (χ0) is 20.6. The van der Waals surface area contributed by atoms with Gasteiger partial charge in [-0.2, -0.15) is 15.3 Å². The molecule has 1 aromatic carbocycles. The molecule has 0 atom stereocenters. The second-order valence-electron chi connectivity index (χ2n) is 9.50. The van der Waals surface area contributed by atoms with Crippen LogP contribution in [0, 0.1) is 5.92 Å². The van der Waals surface area contributed by atoms with Gasteiger partial charge in [0.2, 0.25) is 0 Å². The van der Waals surface area contributed by atoms with Crippen molar-refractivity contribution in [2.24, 2.45) is 5.92 Å². The predicted octanol–water partition coefficient (Wildman–Crippen LogP) is 4.34. The molecule has 0 spiro atoms. The summed E-state index contributed by atoms with van der Waals surface area (Å²) >= 11 is 0. The van der Waals surface area contributed by atoms with Crippen molar-refractivity contribution >= 4 is 0 Å². The van der Waals surface area contributed by atoms with Gasteiger partial charge in [0.1, 0.15) is 5.75 Å².